The molecule has 1 fully saturated rings. The van der Waals surface area contributed by atoms with E-state index >= 15 is 0 Å². The van der Waals surface area contributed by atoms with Gasteiger partial charge in [-0.05, 0) is 54.1 Å². The highest BCUT2D eigenvalue weighted by molar-refractivity contribution is 5.78. The van der Waals surface area contributed by atoms with Gasteiger partial charge in [-0.2, -0.15) is 0 Å². The fourth-order valence-corrected chi connectivity index (χ4v) is 4.14. The molecule has 2 aromatic carbocycles. The molecule has 0 saturated carbocycles. The second kappa shape index (κ2) is 5.31. The first-order valence-electron chi connectivity index (χ1n) is 8.30. The molecule has 1 nitrogen and oxygen atoms in total. The SMILES string of the molecule is CCC1CCN(C2c3ccccc3-c3ccccc32)CC1. The Balaban J connectivity index is 1.72. The Hall–Kier alpha value is -1.60. The fraction of sp³-hybridized carbons (Fsp3) is 0.400. The van der Waals surface area contributed by atoms with E-state index in [-0.39, 0.29) is 0 Å². The van der Waals surface area contributed by atoms with Crippen molar-refractivity contribution < 1.29 is 0 Å². The highest BCUT2D eigenvalue weighted by Crippen LogP contribution is 2.47. The minimum Gasteiger partial charge on any atom is -0.292 e. The lowest BCUT2D eigenvalue weighted by atomic mass is 9.92. The van der Waals surface area contributed by atoms with Crippen molar-refractivity contribution in [1.29, 1.82) is 0 Å². The van der Waals surface area contributed by atoms with E-state index in [0.29, 0.717) is 6.04 Å². The van der Waals surface area contributed by atoms with Crippen molar-refractivity contribution in [2.45, 2.75) is 32.2 Å². The standard InChI is InChI=1S/C20H23N/c1-2-15-11-13-21(14-12-15)20-18-9-5-3-7-16(18)17-8-4-6-10-19(17)20/h3-10,15,20H,2,11-14H2,1H3. The molecule has 2 aliphatic rings. The summed E-state index contributed by atoms with van der Waals surface area (Å²) in [6, 6.07) is 18.4. The molecule has 1 aliphatic carbocycles. The average Bonchev–Trinajstić information content (AvgIpc) is 2.90. The second-order valence-electron chi connectivity index (χ2n) is 6.46. The van der Waals surface area contributed by atoms with Crippen LogP contribution in [0.3, 0.4) is 0 Å². The third kappa shape index (κ3) is 2.11. The number of hydrogen-bond acceptors (Lipinski definition) is 1. The molecule has 1 saturated heterocycles. The van der Waals surface area contributed by atoms with Crippen LogP contribution in [0.2, 0.25) is 0 Å². The maximum atomic E-state index is 2.71. The van der Waals surface area contributed by atoms with Crippen molar-refractivity contribution in [2.24, 2.45) is 5.92 Å². The van der Waals surface area contributed by atoms with Gasteiger partial charge in [0.15, 0.2) is 0 Å². The molecule has 0 atom stereocenters. The Bertz CT molecular complexity index is 592. The summed E-state index contributed by atoms with van der Waals surface area (Å²) in [6.07, 6.45) is 4.06. The van der Waals surface area contributed by atoms with Gasteiger partial charge in [-0.1, -0.05) is 61.9 Å². The molecule has 0 N–H and O–H groups in total. The maximum absolute atomic E-state index is 2.71. The van der Waals surface area contributed by atoms with Crippen LogP contribution in [0, 0.1) is 5.92 Å². The Kier molecular flexibility index (Phi) is 3.31. The summed E-state index contributed by atoms with van der Waals surface area (Å²) in [7, 11) is 0. The predicted octanol–water partition coefficient (Wildman–Crippen LogP) is 4.88. The van der Waals surface area contributed by atoms with Gasteiger partial charge >= 0.3 is 0 Å². The lowest BCUT2D eigenvalue weighted by Gasteiger charge is -2.36. The molecule has 21 heavy (non-hydrogen) atoms. The summed E-state index contributed by atoms with van der Waals surface area (Å²) in [6.45, 7) is 4.82. The van der Waals surface area contributed by atoms with E-state index in [4.69, 9.17) is 0 Å². The minimum atomic E-state index is 0.482. The van der Waals surface area contributed by atoms with Gasteiger partial charge in [0.25, 0.3) is 0 Å². The second-order valence-corrected chi connectivity index (χ2v) is 6.46. The molecule has 0 radical (unpaired) electrons. The third-order valence-electron chi connectivity index (χ3n) is 5.39. The molecule has 0 unspecified atom stereocenters. The number of fused-ring (bicyclic) bond motifs is 3. The van der Waals surface area contributed by atoms with E-state index in [1.807, 2.05) is 0 Å². The smallest absolute Gasteiger partial charge is 0.0614 e. The van der Waals surface area contributed by atoms with Crippen molar-refractivity contribution in [1.82, 2.24) is 4.90 Å². The van der Waals surface area contributed by atoms with Crippen molar-refractivity contribution in [3.05, 3.63) is 59.7 Å². The molecule has 1 aliphatic heterocycles. The summed E-state index contributed by atoms with van der Waals surface area (Å²) >= 11 is 0. The van der Waals surface area contributed by atoms with Crippen LogP contribution in [0.25, 0.3) is 11.1 Å². The average molecular weight is 277 g/mol. The minimum absolute atomic E-state index is 0.482. The van der Waals surface area contributed by atoms with Gasteiger partial charge in [0.05, 0.1) is 6.04 Å². The quantitative estimate of drug-likeness (QED) is 0.756. The van der Waals surface area contributed by atoms with E-state index in [0.717, 1.165) is 5.92 Å². The first-order valence-corrected chi connectivity index (χ1v) is 8.30. The molecular formula is C20H23N. The number of piperidine rings is 1. The van der Waals surface area contributed by atoms with Crippen LogP contribution in [-0.2, 0) is 0 Å². The molecule has 0 aromatic heterocycles. The van der Waals surface area contributed by atoms with Gasteiger partial charge in [-0.25, -0.2) is 0 Å². The highest BCUT2D eigenvalue weighted by atomic mass is 15.2. The lowest BCUT2D eigenvalue weighted by Crippen LogP contribution is -2.36. The zero-order valence-corrected chi connectivity index (χ0v) is 12.8. The van der Waals surface area contributed by atoms with Crippen LogP contribution in [0.15, 0.2) is 48.5 Å². The topological polar surface area (TPSA) is 3.24 Å². The molecule has 0 bridgehead atoms. The first kappa shape index (κ1) is 13.1. The van der Waals surface area contributed by atoms with Crippen LogP contribution >= 0.6 is 0 Å². The highest BCUT2D eigenvalue weighted by Gasteiger charge is 2.34. The zero-order chi connectivity index (χ0) is 14.2. The summed E-state index contributed by atoms with van der Waals surface area (Å²) in [5.74, 6) is 0.938. The van der Waals surface area contributed by atoms with E-state index < -0.39 is 0 Å². The van der Waals surface area contributed by atoms with Crippen LogP contribution < -0.4 is 0 Å². The Morgan fingerprint density at radius 1 is 0.857 bits per heavy atom. The fourth-order valence-electron chi connectivity index (χ4n) is 4.14. The number of rotatable bonds is 2. The van der Waals surface area contributed by atoms with E-state index in [1.54, 1.807) is 0 Å². The summed E-state index contributed by atoms with van der Waals surface area (Å²) in [5, 5.41) is 0. The van der Waals surface area contributed by atoms with Gasteiger partial charge in [-0.15, -0.1) is 0 Å². The van der Waals surface area contributed by atoms with Crippen LogP contribution in [0.1, 0.15) is 43.4 Å². The van der Waals surface area contributed by atoms with Crippen LogP contribution in [0.5, 0.6) is 0 Å². The molecule has 2 aromatic rings. The largest absolute Gasteiger partial charge is 0.292 e. The molecule has 0 amide bonds. The van der Waals surface area contributed by atoms with Gasteiger partial charge in [-0.3, -0.25) is 4.90 Å². The normalized spacial score (nSPS) is 19.5. The molecule has 0 spiro atoms. The van der Waals surface area contributed by atoms with E-state index in [1.165, 1.54) is 54.6 Å². The molecule has 108 valence electrons. The number of hydrogen-bond donors (Lipinski definition) is 0. The number of likely N-dealkylation sites (tertiary alicyclic amines) is 1. The van der Waals surface area contributed by atoms with Crippen molar-refractivity contribution in [3.63, 3.8) is 0 Å². The molecular weight excluding hydrogens is 254 g/mol. The summed E-state index contributed by atoms with van der Waals surface area (Å²) in [4.78, 5) is 2.71. The van der Waals surface area contributed by atoms with Crippen LogP contribution in [-0.4, -0.2) is 18.0 Å². The van der Waals surface area contributed by atoms with Gasteiger partial charge in [0.1, 0.15) is 0 Å². The van der Waals surface area contributed by atoms with Crippen molar-refractivity contribution in [3.8, 4) is 11.1 Å². The van der Waals surface area contributed by atoms with Gasteiger partial charge in [0, 0.05) is 0 Å². The Labute approximate surface area is 127 Å². The van der Waals surface area contributed by atoms with E-state index in [9.17, 15) is 0 Å². The number of benzene rings is 2. The van der Waals surface area contributed by atoms with Gasteiger partial charge < -0.3 is 0 Å². The molecule has 1 heteroatoms. The van der Waals surface area contributed by atoms with Crippen molar-refractivity contribution >= 4 is 0 Å². The maximum Gasteiger partial charge on any atom is 0.0614 e. The van der Waals surface area contributed by atoms with Gasteiger partial charge in [0.2, 0.25) is 0 Å². The zero-order valence-electron chi connectivity index (χ0n) is 12.8. The Morgan fingerprint density at radius 3 is 1.90 bits per heavy atom. The third-order valence-corrected chi connectivity index (χ3v) is 5.39. The monoisotopic (exact) mass is 277 g/mol. The molecule has 4 rings (SSSR count). The Morgan fingerprint density at radius 2 is 1.38 bits per heavy atom. The van der Waals surface area contributed by atoms with E-state index in [2.05, 4.69) is 60.4 Å². The van der Waals surface area contributed by atoms with Crippen molar-refractivity contribution in [2.75, 3.05) is 13.1 Å². The molecule has 1 heterocycles. The summed E-state index contributed by atoms with van der Waals surface area (Å²) in [5.41, 5.74) is 5.90. The summed E-state index contributed by atoms with van der Waals surface area (Å²) < 4.78 is 0. The first-order chi connectivity index (χ1) is 10.4. The predicted molar refractivity (Wildman–Crippen MR) is 88.3 cm³/mol. The van der Waals surface area contributed by atoms with Crippen LogP contribution in [0.4, 0.5) is 0 Å². The number of nitrogens with zero attached hydrogens (tertiary/aromatic N) is 1. The lowest BCUT2D eigenvalue weighted by molar-refractivity contribution is 0.151.